The number of furan rings is 1. The van der Waals surface area contributed by atoms with Crippen LogP contribution < -0.4 is 4.90 Å². The highest BCUT2D eigenvalue weighted by Gasteiger charge is 2.21. The maximum Gasteiger partial charge on any atom is 0.227 e. The fourth-order valence-corrected chi connectivity index (χ4v) is 7.95. The number of benzene rings is 9. The molecule has 2 aromatic heterocycles. The van der Waals surface area contributed by atoms with Crippen molar-refractivity contribution in [3.63, 3.8) is 0 Å². The van der Waals surface area contributed by atoms with Crippen LogP contribution in [0.15, 0.2) is 191 Å². The summed E-state index contributed by atoms with van der Waals surface area (Å²) in [7, 11) is 0. The summed E-state index contributed by atoms with van der Waals surface area (Å²) in [6.45, 7) is 0. The van der Waals surface area contributed by atoms with Crippen molar-refractivity contribution in [1.29, 1.82) is 0 Å². The lowest BCUT2D eigenvalue weighted by Crippen LogP contribution is -2.10. The molecule has 248 valence electrons. The second-order valence-corrected chi connectivity index (χ2v) is 13.5. The quantitative estimate of drug-likeness (QED) is 0.170. The van der Waals surface area contributed by atoms with E-state index in [1.54, 1.807) is 0 Å². The Morgan fingerprint density at radius 3 is 1.85 bits per heavy atom. The van der Waals surface area contributed by atoms with E-state index in [1.165, 1.54) is 11.1 Å². The molecular formula is C49H30N2O2. The molecule has 9 aromatic carbocycles. The van der Waals surface area contributed by atoms with Crippen LogP contribution in [0, 0.1) is 0 Å². The molecule has 4 nitrogen and oxygen atoms in total. The number of aromatic nitrogens is 1. The van der Waals surface area contributed by atoms with Crippen LogP contribution in [0.4, 0.5) is 17.1 Å². The van der Waals surface area contributed by atoms with Gasteiger partial charge in [0.25, 0.3) is 0 Å². The zero-order valence-corrected chi connectivity index (χ0v) is 28.5. The molecule has 53 heavy (non-hydrogen) atoms. The second-order valence-electron chi connectivity index (χ2n) is 13.5. The average Bonchev–Trinajstić information content (AvgIpc) is 3.84. The summed E-state index contributed by atoms with van der Waals surface area (Å²) < 4.78 is 13.2. The van der Waals surface area contributed by atoms with Crippen molar-refractivity contribution in [1.82, 2.24) is 4.98 Å². The van der Waals surface area contributed by atoms with E-state index in [1.807, 2.05) is 42.5 Å². The summed E-state index contributed by atoms with van der Waals surface area (Å²) in [5.41, 5.74) is 9.76. The topological polar surface area (TPSA) is 42.4 Å². The Labute approximate surface area is 304 Å². The maximum absolute atomic E-state index is 6.61. The molecule has 0 saturated heterocycles. The average molecular weight is 679 g/mol. The highest BCUT2D eigenvalue weighted by Crippen LogP contribution is 2.44. The molecule has 0 atom stereocenters. The first-order chi connectivity index (χ1) is 26.3. The number of rotatable bonds is 5. The van der Waals surface area contributed by atoms with Crippen molar-refractivity contribution in [2.24, 2.45) is 0 Å². The van der Waals surface area contributed by atoms with E-state index in [4.69, 9.17) is 13.8 Å². The van der Waals surface area contributed by atoms with Gasteiger partial charge in [-0.05, 0) is 87.3 Å². The van der Waals surface area contributed by atoms with Gasteiger partial charge in [-0.15, -0.1) is 0 Å². The highest BCUT2D eigenvalue weighted by molar-refractivity contribution is 6.26. The first-order valence-electron chi connectivity index (χ1n) is 17.9. The third-order valence-corrected chi connectivity index (χ3v) is 10.5. The Hall–Kier alpha value is -7.17. The summed E-state index contributed by atoms with van der Waals surface area (Å²) in [4.78, 5) is 7.22. The number of oxazole rings is 1. The minimum atomic E-state index is 0.626. The maximum atomic E-state index is 6.61. The van der Waals surface area contributed by atoms with E-state index in [2.05, 4.69) is 144 Å². The van der Waals surface area contributed by atoms with Crippen LogP contribution in [0.1, 0.15) is 0 Å². The van der Waals surface area contributed by atoms with Crippen molar-refractivity contribution in [2.75, 3.05) is 4.90 Å². The zero-order chi connectivity index (χ0) is 34.9. The smallest absolute Gasteiger partial charge is 0.227 e. The van der Waals surface area contributed by atoms with E-state index in [9.17, 15) is 0 Å². The van der Waals surface area contributed by atoms with Gasteiger partial charge in [-0.2, -0.15) is 0 Å². The first kappa shape index (κ1) is 29.5. The number of para-hydroxylation sites is 2. The van der Waals surface area contributed by atoms with Crippen LogP contribution in [-0.4, -0.2) is 4.98 Å². The van der Waals surface area contributed by atoms with Crippen molar-refractivity contribution < 1.29 is 8.83 Å². The predicted molar refractivity (Wildman–Crippen MR) is 219 cm³/mol. The normalized spacial score (nSPS) is 11.8. The number of nitrogens with zero attached hydrogens (tertiary/aromatic N) is 2. The van der Waals surface area contributed by atoms with Gasteiger partial charge in [0.15, 0.2) is 11.2 Å². The monoisotopic (exact) mass is 678 g/mol. The van der Waals surface area contributed by atoms with Gasteiger partial charge in [0.2, 0.25) is 5.89 Å². The molecule has 4 heteroatoms. The minimum absolute atomic E-state index is 0.626. The largest absolute Gasteiger partial charge is 0.454 e. The van der Waals surface area contributed by atoms with Gasteiger partial charge in [0.05, 0.1) is 5.69 Å². The molecule has 0 unspecified atom stereocenters. The Bertz CT molecular complexity index is 3160. The molecule has 11 rings (SSSR count). The third-order valence-electron chi connectivity index (χ3n) is 10.5. The standard InChI is InChI=1S/C49H30N2O2/c1-3-10-31(11-4-1)32-22-25-37(26-23-32)51(43-16-9-15-41-40-14-7-8-17-44(40)52-47(41)43)38-27-28-39-36(30-38)21-20-33-18-19-34-24-29-42-48(46(34)45(33)39)53-49(50-42)35-12-5-2-6-13-35/h1-30H. The van der Waals surface area contributed by atoms with E-state index in [0.717, 1.165) is 88.0 Å². The van der Waals surface area contributed by atoms with E-state index in [-0.39, 0.29) is 0 Å². The molecule has 0 amide bonds. The molecule has 0 radical (unpaired) electrons. The first-order valence-corrected chi connectivity index (χ1v) is 17.9. The number of hydrogen-bond donors (Lipinski definition) is 0. The minimum Gasteiger partial charge on any atom is -0.454 e. The van der Waals surface area contributed by atoms with Gasteiger partial charge in [0, 0.05) is 38.5 Å². The van der Waals surface area contributed by atoms with Gasteiger partial charge in [0.1, 0.15) is 11.1 Å². The van der Waals surface area contributed by atoms with Crippen molar-refractivity contribution in [3.8, 4) is 22.6 Å². The van der Waals surface area contributed by atoms with Gasteiger partial charge in [-0.25, -0.2) is 4.98 Å². The van der Waals surface area contributed by atoms with Crippen molar-refractivity contribution in [2.45, 2.75) is 0 Å². The summed E-state index contributed by atoms with van der Waals surface area (Å²) in [6.07, 6.45) is 0. The lowest BCUT2D eigenvalue weighted by atomic mass is 9.95. The molecular weight excluding hydrogens is 649 g/mol. The predicted octanol–water partition coefficient (Wildman–Crippen LogP) is 14.0. The summed E-state index contributed by atoms with van der Waals surface area (Å²) in [5, 5.41) is 8.99. The van der Waals surface area contributed by atoms with Gasteiger partial charge in [-0.3, -0.25) is 0 Å². The SMILES string of the molecule is c1ccc(-c2ccc(N(c3ccc4c(ccc5ccc6ccc7nc(-c8ccccc8)oc7c6c54)c3)c3cccc4c3oc3ccccc34)cc2)cc1. The van der Waals surface area contributed by atoms with Crippen LogP contribution in [0.5, 0.6) is 0 Å². The molecule has 0 saturated carbocycles. The number of anilines is 3. The molecule has 11 aromatic rings. The molecule has 0 spiro atoms. The van der Waals surface area contributed by atoms with Crippen LogP contribution in [0.3, 0.4) is 0 Å². The van der Waals surface area contributed by atoms with E-state index in [0.29, 0.717) is 5.89 Å². The van der Waals surface area contributed by atoms with Crippen molar-refractivity contribution >= 4 is 82.4 Å². The fourth-order valence-electron chi connectivity index (χ4n) is 7.95. The summed E-state index contributed by atoms with van der Waals surface area (Å²) in [5.74, 6) is 0.626. The third kappa shape index (κ3) is 4.73. The number of fused-ring (bicyclic) bond motifs is 10. The van der Waals surface area contributed by atoms with Crippen LogP contribution in [-0.2, 0) is 0 Å². The molecule has 0 N–H and O–H groups in total. The van der Waals surface area contributed by atoms with Gasteiger partial charge < -0.3 is 13.7 Å². The molecule has 0 fully saturated rings. The molecule has 0 aliphatic rings. The Morgan fingerprint density at radius 1 is 0.396 bits per heavy atom. The highest BCUT2D eigenvalue weighted by atomic mass is 16.3. The molecule has 0 aliphatic carbocycles. The van der Waals surface area contributed by atoms with Gasteiger partial charge >= 0.3 is 0 Å². The van der Waals surface area contributed by atoms with Crippen molar-refractivity contribution in [3.05, 3.63) is 182 Å². The fraction of sp³-hybridized carbons (Fsp3) is 0. The lowest BCUT2D eigenvalue weighted by molar-refractivity contribution is 0.623. The van der Waals surface area contributed by atoms with E-state index < -0.39 is 0 Å². The summed E-state index contributed by atoms with van der Waals surface area (Å²) in [6, 6.07) is 63.9. The number of hydrogen-bond acceptors (Lipinski definition) is 4. The molecule has 0 bridgehead atoms. The second kappa shape index (κ2) is 11.7. The Kier molecular flexibility index (Phi) is 6.52. The summed E-state index contributed by atoms with van der Waals surface area (Å²) >= 11 is 0. The van der Waals surface area contributed by atoms with Crippen LogP contribution in [0.25, 0.3) is 87.9 Å². The lowest BCUT2D eigenvalue weighted by Gasteiger charge is -2.26. The molecule has 2 heterocycles. The van der Waals surface area contributed by atoms with Crippen LogP contribution >= 0.6 is 0 Å². The van der Waals surface area contributed by atoms with E-state index >= 15 is 0 Å². The Morgan fingerprint density at radius 2 is 1.04 bits per heavy atom. The Balaban J connectivity index is 1.13. The van der Waals surface area contributed by atoms with Gasteiger partial charge in [-0.1, -0.05) is 127 Å². The van der Waals surface area contributed by atoms with Crippen LogP contribution in [0.2, 0.25) is 0 Å². The zero-order valence-electron chi connectivity index (χ0n) is 28.5. The molecule has 0 aliphatic heterocycles.